The molecular formula is C58H52N3OPt-. The van der Waals surface area contributed by atoms with Crippen LogP contribution in [0.2, 0.25) is 0 Å². The smallest absolute Gasteiger partial charge is 0.148 e. The van der Waals surface area contributed by atoms with Crippen LogP contribution in [0, 0.1) is 6.07 Å². The van der Waals surface area contributed by atoms with Crippen molar-refractivity contribution in [3.05, 3.63) is 193 Å². The Bertz CT molecular complexity index is 3050. The molecule has 0 radical (unpaired) electrons. The Morgan fingerprint density at radius 2 is 1.16 bits per heavy atom. The molecule has 0 atom stereocenters. The van der Waals surface area contributed by atoms with Gasteiger partial charge in [0, 0.05) is 33.0 Å². The summed E-state index contributed by atoms with van der Waals surface area (Å²) in [6, 6.07) is 61.4. The molecule has 0 aliphatic rings. The number of rotatable bonds is 9. The second kappa shape index (κ2) is 17.8. The van der Waals surface area contributed by atoms with E-state index in [9.17, 15) is 5.11 Å². The van der Waals surface area contributed by atoms with Crippen LogP contribution in [0.5, 0.6) is 5.75 Å². The Balaban J connectivity index is 0.00000544. The van der Waals surface area contributed by atoms with E-state index in [1.165, 1.54) is 11.1 Å². The molecule has 9 rings (SSSR count). The van der Waals surface area contributed by atoms with Crippen molar-refractivity contribution in [1.29, 1.82) is 0 Å². The molecule has 5 heteroatoms. The molecular weight excluding hydrogens is 950 g/mol. The first-order valence-electron chi connectivity index (χ1n) is 21.7. The van der Waals surface area contributed by atoms with Crippen molar-refractivity contribution in [2.24, 2.45) is 0 Å². The van der Waals surface area contributed by atoms with Crippen LogP contribution in [0.3, 0.4) is 0 Å². The van der Waals surface area contributed by atoms with Gasteiger partial charge < -0.3 is 5.11 Å². The summed E-state index contributed by atoms with van der Waals surface area (Å²) in [5, 5.41) is 12.3. The van der Waals surface area contributed by atoms with Gasteiger partial charge in [-0.3, -0.25) is 9.55 Å². The largest absolute Gasteiger partial charge is 0.507 e. The number of para-hydroxylation sites is 1. The van der Waals surface area contributed by atoms with E-state index in [0.29, 0.717) is 5.82 Å². The fourth-order valence-corrected chi connectivity index (χ4v) is 8.55. The number of benzene rings is 7. The van der Waals surface area contributed by atoms with Crippen molar-refractivity contribution in [3.63, 3.8) is 0 Å². The number of aromatic nitrogens is 3. The van der Waals surface area contributed by atoms with Gasteiger partial charge in [-0.25, -0.2) is 4.98 Å². The quantitative estimate of drug-likeness (QED) is 0.147. The van der Waals surface area contributed by atoms with Gasteiger partial charge in [0.1, 0.15) is 11.6 Å². The van der Waals surface area contributed by atoms with Crippen LogP contribution in [0.15, 0.2) is 170 Å². The zero-order valence-electron chi connectivity index (χ0n) is 36.9. The first-order valence-corrected chi connectivity index (χ1v) is 21.7. The third-order valence-electron chi connectivity index (χ3n) is 11.9. The maximum atomic E-state index is 12.3. The topological polar surface area (TPSA) is 50.9 Å². The normalized spacial score (nSPS) is 11.6. The molecule has 0 saturated carbocycles. The van der Waals surface area contributed by atoms with Crippen LogP contribution < -0.4 is 0 Å². The molecule has 0 aliphatic heterocycles. The molecule has 2 aromatic heterocycles. The molecule has 4 nitrogen and oxygen atoms in total. The molecule has 9 aromatic rings. The van der Waals surface area contributed by atoms with Crippen molar-refractivity contribution in [3.8, 4) is 78.6 Å². The van der Waals surface area contributed by atoms with Gasteiger partial charge in [-0.15, -0.1) is 23.8 Å². The summed E-state index contributed by atoms with van der Waals surface area (Å²) in [6.07, 6.45) is 1.88. The third-order valence-corrected chi connectivity index (χ3v) is 11.9. The van der Waals surface area contributed by atoms with Crippen LogP contribution >= 0.6 is 0 Å². The number of imidazole rings is 1. The predicted molar refractivity (Wildman–Crippen MR) is 259 cm³/mol. The van der Waals surface area contributed by atoms with Gasteiger partial charge in [0.25, 0.3) is 0 Å². The average molecular weight is 1000 g/mol. The third kappa shape index (κ3) is 8.58. The van der Waals surface area contributed by atoms with E-state index in [0.717, 1.165) is 83.6 Å². The average Bonchev–Trinajstić information content (AvgIpc) is 3.68. The van der Waals surface area contributed by atoms with Gasteiger partial charge in [-0.1, -0.05) is 186 Å². The molecule has 0 saturated heterocycles. The minimum Gasteiger partial charge on any atom is -0.507 e. The van der Waals surface area contributed by atoms with E-state index < -0.39 is 0 Å². The monoisotopic (exact) mass is 1000 g/mol. The first kappa shape index (κ1) is 43.3. The number of phenolic OH excluding ortho intramolecular Hbond substituents is 1. The number of fused-ring (bicyclic) bond motifs is 1. The fraction of sp³-hybridized carbons (Fsp3) is 0.172. The van der Waals surface area contributed by atoms with Gasteiger partial charge in [0.2, 0.25) is 0 Å². The Labute approximate surface area is 386 Å². The van der Waals surface area contributed by atoms with E-state index >= 15 is 0 Å². The summed E-state index contributed by atoms with van der Waals surface area (Å²) in [5.41, 5.74) is 16.9. The van der Waals surface area contributed by atoms with E-state index in [4.69, 9.17) is 9.97 Å². The molecule has 0 aliphatic carbocycles. The van der Waals surface area contributed by atoms with E-state index in [2.05, 4.69) is 211 Å². The number of pyridine rings is 1. The zero-order chi connectivity index (χ0) is 43.1. The standard InChI is InChI=1S/C58H52N3O.Pt/c1-37(2)44-33-49(38(3)4)56(62)50(34-44)57-60-55-48(24-17-25-54(55)61(57)53-27-26-42(35-51(53)58(5,6)7)39-18-11-8-12-19-39)46-30-45(41-22-15-10-16-23-41)31-47(32-46)52-36-43(28-29-59-52)40-20-13-9-14-21-40;/h8-31,33-38,62H,1-7H3;/q-1;. The summed E-state index contributed by atoms with van der Waals surface area (Å²) in [4.78, 5) is 10.5. The molecule has 0 fully saturated rings. The summed E-state index contributed by atoms with van der Waals surface area (Å²) in [6.45, 7) is 15.5. The van der Waals surface area contributed by atoms with Crippen LogP contribution in [0.1, 0.15) is 77.0 Å². The van der Waals surface area contributed by atoms with E-state index in [1.807, 2.05) is 18.3 Å². The van der Waals surface area contributed by atoms with Crippen molar-refractivity contribution >= 4 is 11.0 Å². The van der Waals surface area contributed by atoms with Gasteiger partial charge >= 0.3 is 0 Å². The Morgan fingerprint density at radius 3 is 1.76 bits per heavy atom. The molecule has 316 valence electrons. The Hall–Kier alpha value is -6.35. The van der Waals surface area contributed by atoms with Crippen molar-refractivity contribution in [2.75, 3.05) is 0 Å². The molecule has 2 heterocycles. The number of phenols is 1. The number of nitrogens with zero attached hydrogens (tertiary/aromatic N) is 3. The second-order valence-electron chi connectivity index (χ2n) is 18.0. The molecule has 63 heavy (non-hydrogen) atoms. The van der Waals surface area contributed by atoms with Gasteiger partial charge in [-0.2, -0.15) is 0 Å². The molecule has 0 amide bonds. The minimum absolute atomic E-state index is 0. The molecule has 0 spiro atoms. The molecule has 0 bridgehead atoms. The fourth-order valence-electron chi connectivity index (χ4n) is 8.55. The Morgan fingerprint density at radius 1 is 0.556 bits per heavy atom. The summed E-state index contributed by atoms with van der Waals surface area (Å²) < 4.78 is 2.28. The predicted octanol–water partition coefficient (Wildman–Crippen LogP) is 15.5. The summed E-state index contributed by atoms with van der Waals surface area (Å²) in [7, 11) is 0. The number of hydrogen-bond acceptors (Lipinski definition) is 3. The van der Waals surface area contributed by atoms with Crippen molar-refractivity contribution < 1.29 is 26.2 Å². The molecule has 1 N–H and O–H groups in total. The zero-order valence-corrected chi connectivity index (χ0v) is 39.2. The van der Waals surface area contributed by atoms with Crippen LogP contribution in [0.4, 0.5) is 0 Å². The summed E-state index contributed by atoms with van der Waals surface area (Å²) in [5.74, 6) is 1.33. The van der Waals surface area contributed by atoms with Crippen LogP contribution in [-0.4, -0.2) is 19.6 Å². The first-order chi connectivity index (χ1) is 29.9. The van der Waals surface area contributed by atoms with Crippen LogP contribution in [0.25, 0.3) is 83.9 Å². The SMILES string of the molecule is CC(C)c1cc(-c2nc3c(-c4[c-]c(-c5cc(-c6ccccc6)ccn5)cc(-c5ccccc5)c4)cccc3n2-c2ccc(-c3ccccc3)cc2C(C)(C)C)c(O)c(C(C)C)c1.[Pt]. The second-order valence-corrected chi connectivity index (χ2v) is 18.0. The molecule has 7 aromatic carbocycles. The Kier molecular flexibility index (Phi) is 12.2. The maximum absolute atomic E-state index is 12.3. The van der Waals surface area contributed by atoms with Gasteiger partial charge in [0.05, 0.1) is 22.3 Å². The summed E-state index contributed by atoms with van der Waals surface area (Å²) >= 11 is 0. The number of aromatic hydroxyl groups is 1. The van der Waals surface area contributed by atoms with Gasteiger partial charge in [-0.05, 0) is 92.1 Å². The number of hydrogen-bond donors (Lipinski definition) is 1. The van der Waals surface area contributed by atoms with E-state index in [-0.39, 0.29) is 44.1 Å². The van der Waals surface area contributed by atoms with E-state index in [1.54, 1.807) is 0 Å². The van der Waals surface area contributed by atoms with Crippen molar-refractivity contribution in [2.45, 2.75) is 65.7 Å². The van der Waals surface area contributed by atoms with Crippen LogP contribution in [-0.2, 0) is 26.5 Å². The minimum atomic E-state index is -0.232. The van der Waals surface area contributed by atoms with Crippen molar-refractivity contribution in [1.82, 2.24) is 14.5 Å². The van der Waals surface area contributed by atoms with Gasteiger partial charge in [0.15, 0.2) is 0 Å². The maximum Gasteiger partial charge on any atom is 0.148 e. The molecule has 0 unspecified atom stereocenters.